The second-order valence-electron chi connectivity index (χ2n) is 6.00. The highest BCUT2D eigenvalue weighted by Gasteiger charge is 2.13. The van der Waals surface area contributed by atoms with Crippen LogP contribution in [0.2, 0.25) is 0 Å². The SMILES string of the molecule is CCn1c(Cn2cc[n+](Cc3ccccc3)c2)nc2ccccc21.O.[Cl-]. The van der Waals surface area contributed by atoms with Gasteiger partial charge in [-0.3, -0.25) is 0 Å². The van der Waals surface area contributed by atoms with E-state index in [9.17, 15) is 0 Å². The first-order valence-corrected chi connectivity index (χ1v) is 8.36. The lowest BCUT2D eigenvalue weighted by molar-refractivity contribution is -0.687. The van der Waals surface area contributed by atoms with Crippen LogP contribution in [0.4, 0.5) is 0 Å². The number of halogens is 1. The highest BCUT2D eigenvalue weighted by Crippen LogP contribution is 2.16. The van der Waals surface area contributed by atoms with Gasteiger partial charge in [-0.25, -0.2) is 14.1 Å². The Balaban J connectivity index is 0.00000121. The quantitative estimate of drug-likeness (QED) is 0.434. The molecule has 2 N–H and O–H groups in total. The van der Waals surface area contributed by atoms with Crippen LogP contribution in [-0.4, -0.2) is 19.6 Å². The summed E-state index contributed by atoms with van der Waals surface area (Å²) in [5, 5.41) is 0. The van der Waals surface area contributed by atoms with Gasteiger partial charge in [-0.2, -0.15) is 0 Å². The predicted octanol–water partition coefficient (Wildman–Crippen LogP) is -0.579. The van der Waals surface area contributed by atoms with Crippen molar-refractivity contribution in [1.82, 2.24) is 14.1 Å². The van der Waals surface area contributed by atoms with Gasteiger partial charge in [-0.1, -0.05) is 42.5 Å². The zero-order chi connectivity index (χ0) is 16.4. The Morgan fingerprint density at radius 2 is 1.73 bits per heavy atom. The van der Waals surface area contributed by atoms with Gasteiger partial charge in [0.15, 0.2) is 5.82 Å². The van der Waals surface area contributed by atoms with Gasteiger partial charge in [0.25, 0.3) is 0 Å². The van der Waals surface area contributed by atoms with E-state index in [0.717, 1.165) is 31.0 Å². The Bertz CT molecular complexity index is 962. The Labute approximate surface area is 159 Å². The zero-order valence-corrected chi connectivity index (χ0v) is 15.5. The molecule has 2 aromatic heterocycles. The van der Waals surface area contributed by atoms with Crippen molar-refractivity contribution < 1.29 is 22.5 Å². The maximum absolute atomic E-state index is 4.80. The lowest BCUT2D eigenvalue weighted by Crippen LogP contribution is -3.00. The standard InChI is InChI=1S/C20H21N4.ClH.H2O/c1-2-24-19-11-7-6-10-18(19)21-20(24)15-23-13-12-22(16-23)14-17-8-4-3-5-9-17;;/h3-13,16H,2,14-15H2,1H3;1H;1H2/q+1;;/p-1. The third kappa shape index (κ3) is 3.95. The highest BCUT2D eigenvalue weighted by atomic mass is 35.5. The van der Waals surface area contributed by atoms with Gasteiger partial charge in [-0.05, 0) is 24.6 Å². The fraction of sp³-hybridized carbons (Fsp3) is 0.200. The van der Waals surface area contributed by atoms with Gasteiger partial charge in [0.1, 0.15) is 25.5 Å². The number of hydrogen-bond donors (Lipinski definition) is 0. The van der Waals surface area contributed by atoms with Crippen LogP contribution < -0.4 is 17.0 Å². The molecular weight excluding hydrogens is 348 g/mol. The summed E-state index contributed by atoms with van der Waals surface area (Å²) in [5.41, 5.74) is 3.58. The molecule has 4 rings (SSSR count). The third-order valence-electron chi connectivity index (χ3n) is 4.33. The maximum atomic E-state index is 4.80. The first-order chi connectivity index (χ1) is 11.8. The Morgan fingerprint density at radius 3 is 2.50 bits per heavy atom. The van der Waals surface area contributed by atoms with Crippen molar-refractivity contribution in [1.29, 1.82) is 0 Å². The first-order valence-electron chi connectivity index (χ1n) is 8.36. The second-order valence-corrected chi connectivity index (χ2v) is 6.00. The van der Waals surface area contributed by atoms with Crippen LogP contribution in [0.25, 0.3) is 11.0 Å². The van der Waals surface area contributed by atoms with Crippen molar-refractivity contribution in [3.8, 4) is 0 Å². The molecule has 0 fully saturated rings. The van der Waals surface area contributed by atoms with Crippen LogP contribution in [0.3, 0.4) is 0 Å². The monoisotopic (exact) mass is 370 g/mol. The van der Waals surface area contributed by atoms with Crippen molar-refractivity contribution >= 4 is 11.0 Å². The predicted molar refractivity (Wildman–Crippen MR) is 98.3 cm³/mol. The van der Waals surface area contributed by atoms with Crippen LogP contribution in [-0.2, 0) is 19.6 Å². The Kier molecular flexibility index (Phi) is 6.55. The number of imidazole rings is 2. The van der Waals surface area contributed by atoms with Gasteiger partial charge < -0.3 is 22.5 Å². The summed E-state index contributed by atoms with van der Waals surface area (Å²) in [6.07, 6.45) is 6.38. The van der Waals surface area contributed by atoms with Gasteiger partial charge in [-0.15, -0.1) is 0 Å². The molecule has 0 aliphatic carbocycles. The van der Waals surface area contributed by atoms with E-state index in [1.807, 2.05) is 6.07 Å². The maximum Gasteiger partial charge on any atom is 0.244 e. The van der Waals surface area contributed by atoms with Gasteiger partial charge in [0.2, 0.25) is 6.33 Å². The minimum atomic E-state index is 0. The molecule has 4 aromatic rings. The van der Waals surface area contributed by atoms with E-state index in [0.29, 0.717) is 0 Å². The molecule has 0 aliphatic rings. The van der Waals surface area contributed by atoms with Gasteiger partial charge in [0.05, 0.1) is 11.0 Å². The summed E-state index contributed by atoms with van der Waals surface area (Å²) in [7, 11) is 0. The molecule has 0 amide bonds. The number of aryl methyl sites for hydroxylation is 1. The second kappa shape index (κ2) is 8.65. The molecule has 0 aliphatic heterocycles. The summed E-state index contributed by atoms with van der Waals surface area (Å²) < 4.78 is 6.68. The molecule has 0 spiro atoms. The van der Waals surface area contributed by atoms with Gasteiger partial charge >= 0.3 is 0 Å². The third-order valence-corrected chi connectivity index (χ3v) is 4.33. The Morgan fingerprint density at radius 1 is 1.00 bits per heavy atom. The smallest absolute Gasteiger partial charge is 0.244 e. The number of hydrogen-bond acceptors (Lipinski definition) is 1. The number of fused-ring (bicyclic) bond motifs is 1. The fourth-order valence-electron chi connectivity index (χ4n) is 3.18. The van der Waals surface area contributed by atoms with Crippen LogP contribution in [0.1, 0.15) is 18.3 Å². The Hall–Kier alpha value is -2.63. The van der Waals surface area contributed by atoms with E-state index in [2.05, 4.69) is 87.9 Å². The summed E-state index contributed by atoms with van der Waals surface area (Å²) >= 11 is 0. The van der Waals surface area contributed by atoms with E-state index in [1.54, 1.807) is 0 Å². The number of rotatable bonds is 5. The van der Waals surface area contributed by atoms with Crippen molar-refractivity contribution in [3.63, 3.8) is 0 Å². The van der Waals surface area contributed by atoms with Crippen molar-refractivity contribution in [2.75, 3.05) is 0 Å². The minimum Gasteiger partial charge on any atom is -1.00 e. The number of benzene rings is 2. The summed E-state index contributed by atoms with van der Waals surface area (Å²) in [6.45, 7) is 4.77. The molecule has 0 atom stereocenters. The molecule has 26 heavy (non-hydrogen) atoms. The van der Waals surface area contributed by atoms with E-state index >= 15 is 0 Å². The lowest BCUT2D eigenvalue weighted by atomic mass is 10.2. The molecule has 2 aromatic carbocycles. The zero-order valence-electron chi connectivity index (χ0n) is 14.7. The minimum absolute atomic E-state index is 0. The average molecular weight is 371 g/mol. The van der Waals surface area contributed by atoms with E-state index < -0.39 is 0 Å². The molecule has 0 radical (unpaired) electrons. The number of aromatic nitrogens is 4. The van der Waals surface area contributed by atoms with Crippen LogP contribution >= 0.6 is 0 Å². The number of para-hydroxylation sites is 2. The van der Waals surface area contributed by atoms with E-state index in [4.69, 9.17) is 4.98 Å². The van der Waals surface area contributed by atoms with E-state index in [-0.39, 0.29) is 17.9 Å². The summed E-state index contributed by atoms with van der Waals surface area (Å²) in [4.78, 5) is 4.80. The van der Waals surface area contributed by atoms with Crippen LogP contribution in [0, 0.1) is 0 Å². The summed E-state index contributed by atoms with van der Waals surface area (Å²) in [6, 6.07) is 18.9. The van der Waals surface area contributed by atoms with E-state index in [1.165, 1.54) is 11.1 Å². The molecule has 0 saturated carbocycles. The molecular formula is C20H23ClN4O. The number of nitrogens with zero attached hydrogens (tertiary/aromatic N) is 4. The van der Waals surface area contributed by atoms with Gasteiger partial charge in [0, 0.05) is 6.54 Å². The fourth-order valence-corrected chi connectivity index (χ4v) is 3.18. The average Bonchev–Trinajstić information content (AvgIpc) is 3.19. The lowest BCUT2D eigenvalue weighted by Gasteiger charge is -2.03. The highest BCUT2D eigenvalue weighted by molar-refractivity contribution is 5.75. The summed E-state index contributed by atoms with van der Waals surface area (Å²) in [5.74, 6) is 1.10. The molecule has 0 saturated heterocycles. The first kappa shape index (κ1) is 19.7. The van der Waals surface area contributed by atoms with Crippen molar-refractivity contribution in [3.05, 3.63) is 84.7 Å². The molecule has 2 heterocycles. The van der Waals surface area contributed by atoms with Crippen molar-refractivity contribution in [2.45, 2.75) is 26.6 Å². The van der Waals surface area contributed by atoms with Crippen molar-refractivity contribution in [2.24, 2.45) is 0 Å². The van der Waals surface area contributed by atoms with Crippen LogP contribution in [0.15, 0.2) is 73.3 Å². The van der Waals surface area contributed by atoms with Crippen LogP contribution in [0.5, 0.6) is 0 Å². The largest absolute Gasteiger partial charge is 1.00 e. The molecule has 6 heteroatoms. The molecule has 5 nitrogen and oxygen atoms in total. The normalized spacial score (nSPS) is 10.3. The topological polar surface area (TPSA) is 58.1 Å². The molecule has 0 unspecified atom stereocenters. The molecule has 0 bridgehead atoms. The molecule has 136 valence electrons.